The Balaban J connectivity index is 1.51. The number of hydrogen-bond donors (Lipinski definition) is 2. The van der Waals surface area contributed by atoms with Gasteiger partial charge in [-0.2, -0.15) is 5.10 Å². The number of H-pyrrole nitrogens is 1. The molecule has 2 aromatic carbocycles. The maximum atomic E-state index is 13.5. The lowest BCUT2D eigenvalue weighted by atomic mass is 10.1. The second-order valence-electron chi connectivity index (χ2n) is 5.85. The van der Waals surface area contributed by atoms with E-state index in [1.807, 2.05) is 6.92 Å². The third-order valence-corrected chi connectivity index (χ3v) is 3.82. The molecule has 0 saturated heterocycles. The van der Waals surface area contributed by atoms with Crippen LogP contribution in [0.1, 0.15) is 33.1 Å². The molecule has 128 valence electrons. The standard InChI is InChI=1S/C19H19FN4O/c1-13-6-8-14(9-7-13)12-18-22-17(23-24-18)10-11-21-19(25)15-4-2-3-5-16(15)20/h2-9H,10-12H2,1H3,(H,21,25)(H,22,23,24). The first-order valence-corrected chi connectivity index (χ1v) is 8.10. The number of amides is 1. The number of carbonyl (C=O) groups excluding carboxylic acids is 1. The lowest BCUT2D eigenvalue weighted by Crippen LogP contribution is -2.26. The molecule has 0 saturated carbocycles. The molecule has 1 heterocycles. The predicted octanol–water partition coefficient (Wildman–Crippen LogP) is 2.82. The van der Waals surface area contributed by atoms with Crippen molar-refractivity contribution >= 4 is 5.91 Å². The zero-order valence-electron chi connectivity index (χ0n) is 13.9. The fourth-order valence-corrected chi connectivity index (χ4v) is 2.45. The quantitative estimate of drug-likeness (QED) is 0.726. The molecule has 1 aromatic heterocycles. The molecule has 0 bridgehead atoms. The van der Waals surface area contributed by atoms with E-state index in [0.29, 0.717) is 25.2 Å². The Morgan fingerprint density at radius 2 is 1.92 bits per heavy atom. The Hall–Kier alpha value is -3.02. The van der Waals surface area contributed by atoms with Crippen LogP contribution in [0.15, 0.2) is 48.5 Å². The van der Waals surface area contributed by atoms with E-state index in [2.05, 4.69) is 44.8 Å². The maximum Gasteiger partial charge on any atom is 0.254 e. The second-order valence-corrected chi connectivity index (χ2v) is 5.85. The molecule has 3 rings (SSSR count). The summed E-state index contributed by atoms with van der Waals surface area (Å²) in [6.45, 7) is 2.39. The van der Waals surface area contributed by atoms with Gasteiger partial charge < -0.3 is 5.32 Å². The number of aromatic nitrogens is 3. The molecule has 0 atom stereocenters. The minimum absolute atomic E-state index is 0.0394. The summed E-state index contributed by atoms with van der Waals surface area (Å²) < 4.78 is 13.5. The van der Waals surface area contributed by atoms with E-state index in [0.717, 1.165) is 11.4 Å². The minimum atomic E-state index is -0.529. The molecule has 0 spiro atoms. The van der Waals surface area contributed by atoms with E-state index in [1.165, 1.54) is 17.7 Å². The van der Waals surface area contributed by atoms with E-state index in [-0.39, 0.29) is 5.56 Å². The third kappa shape index (κ3) is 4.50. The summed E-state index contributed by atoms with van der Waals surface area (Å²) in [7, 11) is 0. The van der Waals surface area contributed by atoms with Crippen molar-refractivity contribution in [2.24, 2.45) is 0 Å². The molecule has 6 heteroatoms. The van der Waals surface area contributed by atoms with Crippen LogP contribution in [-0.2, 0) is 12.8 Å². The van der Waals surface area contributed by atoms with Gasteiger partial charge in [-0.05, 0) is 24.6 Å². The van der Waals surface area contributed by atoms with Crippen molar-refractivity contribution in [3.63, 3.8) is 0 Å². The van der Waals surface area contributed by atoms with Crippen LogP contribution in [0.2, 0.25) is 0 Å². The number of carbonyl (C=O) groups is 1. The van der Waals surface area contributed by atoms with Gasteiger partial charge in [-0.1, -0.05) is 42.0 Å². The van der Waals surface area contributed by atoms with Gasteiger partial charge in [0.1, 0.15) is 11.6 Å². The number of rotatable bonds is 6. The third-order valence-electron chi connectivity index (χ3n) is 3.82. The fraction of sp³-hybridized carbons (Fsp3) is 0.211. The Kier molecular flexibility index (Phi) is 5.18. The van der Waals surface area contributed by atoms with E-state index < -0.39 is 11.7 Å². The molecule has 0 radical (unpaired) electrons. The van der Waals surface area contributed by atoms with Crippen molar-refractivity contribution in [2.45, 2.75) is 19.8 Å². The number of nitrogens with zero attached hydrogens (tertiary/aromatic N) is 2. The molecule has 0 unspecified atom stereocenters. The largest absolute Gasteiger partial charge is 0.351 e. The molecule has 0 aliphatic heterocycles. The highest BCUT2D eigenvalue weighted by molar-refractivity contribution is 5.94. The van der Waals surface area contributed by atoms with Crippen LogP contribution in [-0.4, -0.2) is 27.6 Å². The van der Waals surface area contributed by atoms with Crippen LogP contribution in [0, 0.1) is 12.7 Å². The van der Waals surface area contributed by atoms with Crippen LogP contribution in [0.5, 0.6) is 0 Å². The number of aryl methyl sites for hydroxylation is 1. The second kappa shape index (κ2) is 7.70. The number of nitrogens with one attached hydrogen (secondary N) is 2. The normalized spacial score (nSPS) is 10.6. The topological polar surface area (TPSA) is 70.7 Å². The van der Waals surface area contributed by atoms with Crippen molar-refractivity contribution in [1.29, 1.82) is 0 Å². The van der Waals surface area contributed by atoms with E-state index in [9.17, 15) is 9.18 Å². The summed E-state index contributed by atoms with van der Waals surface area (Å²) in [5.41, 5.74) is 2.41. The average Bonchev–Trinajstić information content (AvgIpc) is 3.04. The van der Waals surface area contributed by atoms with Gasteiger partial charge >= 0.3 is 0 Å². The van der Waals surface area contributed by atoms with Gasteiger partial charge in [-0.15, -0.1) is 0 Å². The molecule has 0 fully saturated rings. The zero-order chi connectivity index (χ0) is 17.6. The Labute approximate surface area is 145 Å². The van der Waals surface area contributed by atoms with Gasteiger partial charge in [-0.3, -0.25) is 9.89 Å². The van der Waals surface area contributed by atoms with Crippen LogP contribution >= 0.6 is 0 Å². The molecule has 0 aliphatic carbocycles. The summed E-state index contributed by atoms with van der Waals surface area (Å²) in [5.74, 6) is 0.432. The first-order chi connectivity index (χ1) is 12.1. The van der Waals surface area contributed by atoms with Crippen LogP contribution in [0.25, 0.3) is 0 Å². The van der Waals surface area contributed by atoms with E-state index in [1.54, 1.807) is 12.1 Å². The monoisotopic (exact) mass is 338 g/mol. The lowest BCUT2D eigenvalue weighted by molar-refractivity contribution is 0.0950. The van der Waals surface area contributed by atoms with Crippen LogP contribution in [0.3, 0.4) is 0 Å². The van der Waals surface area contributed by atoms with E-state index >= 15 is 0 Å². The average molecular weight is 338 g/mol. The molecule has 0 aliphatic rings. The van der Waals surface area contributed by atoms with Gasteiger partial charge in [0, 0.05) is 19.4 Å². The molecule has 5 nitrogen and oxygen atoms in total. The summed E-state index contributed by atoms with van der Waals surface area (Å²) in [6, 6.07) is 14.1. The first kappa shape index (κ1) is 16.8. The number of aromatic amines is 1. The van der Waals surface area contributed by atoms with Gasteiger partial charge in [0.2, 0.25) is 0 Å². The summed E-state index contributed by atoms with van der Waals surface area (Å²) >= 11 is 0. The maximum absolute atomic E-state index is 13.5. The smallest absolute Gasteiger partial charge is 0.254 e. The minimum Gasteiger partial charge on any atom is -0.351 e. The first-order valence-electron chi connectivity index (χ1n) is 8.10. The van der Waals surface area contributed by atoms with Gasteiger partial charge in [-0.25, -0.2) is 9.37 Å². The van der Waals surface area contributed by atoms with Crippen molar-refractivity contribution < 1.29 is 9.18 Å². The number of halogens is 1. The van der Waals surface area contributed by atoms with Gasteiger partial charge in [0.25, 0.3) is 5.91 Å². The molecular weight excluding hydrogens is 319 g/mol. The van der Waals surface area contributed by atoms with Gasteiger partial charge in [0.05, 0.1) is 5.56 Å². The van der Waals surface area contributed by atoms with Crippen LogP contribution in [0.4, 0.5) is 4.39 Å². The van der Waals surface area contributed by atoms with E-state index in [4.69, 9.17) is 0 Å². The molecule has 25 heavy (non-hydrogen) atoms. The Bertz CT molecular complexity index is 858. The summed E-state index contributed by atoms with van der Waals surface area (Å²) in [5, 5.41) is 9.75. The molecule has 1 amide bonds. The highest BCUT2D eigenvalue weighted by Gasteiger charge is 2.10. The highest BCUT2D eigenvalue weighted by atomic mass is 19.1. The summed E-state index contributed by atoms with van der Waals surface area (Å²) in [4.78, 5) is 16.4. The molecule has 3 aromatic rings. The Morgan fingerprint density at radius 1 is 1.16 bits per heavy atom. The van der Waals surface area contributed by atoms with Gasteiger partial charge in [0.15, 0.2) is 5.82 Å². The number of benzene rings is 2. The number of hydrogen-bond acceptors (Lipinski definition) is 3. The Morgan fingerprint density at radius 3 is 2.68 bits per heavy atom. The van der Waals surface area contributed by atoms with Crippen molar-refractivity contribution in [2.75, 3.05) is 6.54 Å². The van der Waals surface area contributed by atoms with Crippen molar-refractivity contribution in [3.8, 4) is 0 Å². The molecular formula is C19H19FN4O. The molecule has 2 N–H and O–H groups in total. The SMILES string of the molecule is Cc1ccc(Cc2nc(CCNC(=O)c3ccccc3F)n[nH]2)cc1. The van der Waals surface area contributed by atoms with Crippen LogP contribution < -0.4 is 5.32 Å². The predicted molar refractivity (Wildman–Crippen MR) is 92.8 cm³/mol. The highest BCUT2D eigenvalue weighted by Crippen LogP contribution is 2.08. The summed E-state index contributed by atoms with van der Waals surface area (Å²) in [6.07, 6.45) is 1.15. The van der Waals surface area contributed by atoms with Crippen molar-refractivity contribution in [3.05, 3.63) is 82.7 Å². The lowest BCUT2D eigenvalue weighted by Gasteiger charge is -2.04. The van der Waals surface area contributed by atoms with Crippen molar-refractivity contribution in [1.82, 2.24) is 20.5 Å². The zero-order valence-corrected chi connectivity index (χ0v) is 13.9. The fourth-order valence-electron chi connectivity index (χ4n) is 2.45.